The molecule has 0 radical (unpaired) electrons. The van der Waals surface area contributed by atoms with Crippen molar-refractivity contribution in [2.24, 2.45) is 5.73 Å². The average molecular weight is 272 g/mol. The summed E-state index contributed by atoms with van der Waals surface area (Å²) in [7, 11) is 1.60. The van der Waals surface area contributed by atoms with E-state index in [0.717, 1.165) is 18.7 Å². The molecule has 20 heavy (non-hydrogen) atoms. The minimum Gasteiger partial charge on any atom is -0.481 e. The second-order valence-electron chi connectivity index (χ2n) is 4.53. The van der Waals surface area contributed by atoms with Crippen molar-refractivity contribution >= 4 is 11.6 Å². The third-order valence-electron chi connectivity index (χ3n) is 2.97. The molecule has 1 aromatic heterocycles. The summed E-state index contributed by atoms with van der Waals surface area (Å²) in [5, 5.41) is 0. The summed E-state index contributed by atoms with van der Waals surface area (Å²) >= 11 is 0. The lowest BCUT2D eigenvalue weighted by Crippen LogP contribution is -2.23. The summed E-state index contributed by atoms with van der Waals surface area (Å²) in [6.07, 6.45) is 2.57. The molecule has 0 amide bonds. The maximum Gasteiger partial charge on any atom is 0.233 e. The number of rotatable bonds is 6. The van der Waals surface area contributed by atoms with Crippen LogP contribution in [-0.4, -0.2) is 30.2 Å². The van der Waals surface area contributed by atoms with Gasteiger partial charge in [-0.15, -0.1) is 0 Å². The third-order valence-corrected chi connectivity index (χ3v) is 2.97. The fourth-order valence-electron chi connectivity index (χ4n) is 1.97. The van der Waals surface area contributed by atoms with Crippen molar-refractivity contribution in [1.82, 2.24) is 9.97 Å². The Hall–Kier alpha value is -2.14. The van der Waals surface area contributed by atoms with E-state index >= 15 is 0 Å². The highest BCUT2D eigenvalue weighted by molar-refractivity contribution is 5.58. The van der Waals surface area contributed by atoms with Crippen LogP contribution in [0.3, 0.4) is 0 Å². The number of nitrogens with zero attached hydrogens (tertiary/aromatic N) is 3. The number of aromatic nitrogens is 2. The molecular weight excluding hydrogens is 252 g/mol. The van der Waals surface area contributed by atoms with Gasteiger partial charge in [0, 0.05) is 24.5 Å². The van der Waals surface area contributed by atoms with Crippen molar-refractivity contribution in [1.29, 1.82) is 0 Å². The highest BCUT2D eigenvalue weighted by atomic mass is 16.5. The van der Waals surface area contributed by atoms with Crippen LogP contribution in [0.2, 0.25) is 0 Å². The summed E-state index contributed by atoms with van der Waals surface area (Å²) in [6, 6.07) is 9.99. The van der Waals surface area contributed by atoms with Crippen molar-refractivity contribution in [3.05, 3.63) is 42.1 Å². The van der Waals surface area contributed by atoms with E-state index in [4.69, 9.17) is 10.5 Å². The number of hydrogen-bond acceptors (Lipinski definition) is 5. The Balaban J connectivity index is 2.35. The Kier molecular flexibility index (Phi) is 4.90. The van der Waals surface area contributed by atoms with Gasteiger partial charge >= 0.3 is 0 Å². The van der Waals surface area contributed by atoms with Crippen molar-refractivity contribution in [2.75, 3.05) is 25.1 Å². The SMILES string of the molecule is COc1ccnc(N(CCCN)c2cccc(C)c2)n1. The Morgan fingerprint density at radius 3 is 2.85 bits per heavy atom. The zero-order valence-corrected chi connectivity index (χ0v) is 11.9. The quantitative estimate of drug-likeness (QED) is 0.874. The molecule has 0 atom stereocenters. The fourth-order valence-corrected chi connectivity index (χ4v) is 1.97. The average Bonchev–Trinajstić information content (AvgIpc) is 2.48. The van der Waals surface area contributed by atoms with Crippen LogP contribution in [0.5, 0.6) is 5.88 Å². The molecule has 106 valence electrons. The van der Waals surface area contributed by atoms with E-state index in [1.165, 1.54) is 5.56 Å². The van der Waals surface area contributed by atoms with Crippen LogP contribution in [0.25, 0.3) is 0 Å². The molecule has 0 saturated carbocycles. The number of methoxy groups -OCH3 is 1. The molecule has 0 saturated heterocycles. The predicted octanol–water partition coefficient (Wildman–Crippen LogP) is 2.28. The Morgan fingerprint density at radius 1 is 1.30 bits per heavy atom. The van der Waals surface area contributed by atoms with E-state index in [9.17, 15) is 0 Å². The first-order chi connectivity index (χ1) is 9.74. The lowest BCUT2D eigenvalue weighted by molar-refractivity contribution is 0.397. The van der Waals surface area contributed by atoms with Gasteiger partial charge < -0.3 is 15.4 Å². The molecular formula is C15H20N4O. The molecule has 2 rings (SSSR count). The normalized spacial score (nSPS) is 10.3. The van der Waals surface area contributed by atoms with Crippen molar-refractivity contribution in [3.63, 3.8) is 0 Å². The van der Waals surface area contributed by atoms with Gasteiger partial charge in [-0.25, -0.2) is 4.98 Å². The number of anilines is 2. The monoisotopic (exact) mass is 272 g/mol. The third kappa shape index (κ3) is 3.45. The van der Waals surface area contributed by atoms with E-state index in [1.807, 2.05) is 12.1 Å². The lowest BCUT2D eigenvalue weighted by Gasteiger charge is -2.23. The van der Waals surface area contributed by atoms with Crippen molar-refractivity contribution < 1.29 is 4.74 Å². The highest BCUT2D eigenvalue weighted by Crippen LogP contribution is 2.24. The van der Waals surface area contributed by atoms with Crippen LogP contribution in [0.15, 0.2) is 36.5 Å². The van der Waals surface area contributed by atoms with E-state index in [0.29, 0.717) is 18.4 Å². The van der Waals surface area contributed by atoms with E-state index < -0.39 is 0 Å². The van der Waals surface area contributed by atoms with Crippen LogP contribution >= 0.6 is 0 Å². The Morgan fingerprint density at radius 2 is 2.15 bits per heavy atom. The zero-order chi connectivity index (χ0) is 14.4. The van der Waals surface area contributed by atoms with Crippen molar-refractivity contribution in [2.45, 2.75) is 13.3 Å². The van der Waals surface area contributed by atoms with E-state index in [2.05, 4.69) is 33.9 Å². The van der Waals surface area contributed by atoms with Crippen LogP contribution in [-0.2, 0) is 0 Å². The number of ether oxygens (including phenoxy) is 1. The molecule has 0 bridgehead atoms. The first kappa shape index (κ1) is 14.3. The van der Waals surface area contributed by atoms with Crippen LogP contribution in [0, 0.1) is 6.92 Å². The Labute approximate surface area is 119 Å². The molecule has 1 aromatic carbocycles. The molecule has 0 unspecified atom stereocenters. The maximum atomic E-state index is 5.63. The van der Waals surface area contributed by atoms with Crippen LogP contribution in [0.4, 0.5) is 11.6 Å². The molecule has 0 aliphatic heterocycles. The maximum absolute atomic E-state index is 5.63. The molecule has 0 spiro atoms. The van der Waals surface area contributed by atoms with Gasteiger partial charge in [0.2, 0.25) is 11.8 Å². The standard InChI is InChI=1S/C15H20N4O/c1-12-5-3-6-13(11-12)19(10-4-8-16)15-17-9-7-14(18-15)20-2/h3,5-7,9,11H,4,8,10,16H2,1-2H3. The van der Waals surface area contributed by atoms with E-state index in [-0.39, 0.29) is 0 Å². The molecule has 2 N–H and O–H groups in total. The first-order valence-electron chi connectivity index (χ1n) is 6.66. The predicted molar refractivity (Wildman–Crippen MR) is 80.4 cm³/mol. The van der Waals surface area contributed by atoms with Gasteiger partial charge in [0.25, 0.3) is 0 Å². The minimum absolute atomic E-state index is 0.556. The molecule has 5 heteroatoms. The first-order valence-corrected chi connectivity index (χ1v) is 6.66. The largest absolute Gasteiger partial charge is 0.481 e. The van der Waals surface area contributed by atoms with E-state index in [1.54, 1.807) is 19.4 Å². The molecule has 0 aliphatic rings. The van der Waals surface area contributed by atoms with Crippen LogP contribution in [0.1, 0.15) is 12.0 Å². The summed E-state index contributed by atoms with van der Waals surface area (Å²) in [5.41, 5.74) is 7.89. The molecule has 0 aliphatic carbocycles. The van der Waals surface area contributed by atoms with Crippen LogP contribution < -0.4 is 15.4 Å². The number of benzene rings is 1. The molecule has 0 fully saturated rings. The van der Waals surface area contributed by atoms with Gasteiger partial charge in [0.1, 0.15) is 0 Å². The number of nitrogens with two attached hydrogens (primary N) is 1. The number of aryl methyl sites for hydroxylation is 1. The van der Waals surface area contributed by atoms with Gasteiger partial charge in [0.05, 0.1) is 7.11 Å². The van der Waals surface area contributed by atoms with Crippen molar-refractivity contribution in [3.8, 4) is 5.88 Å². The minimum atomic E-state index is 0.556. The van der Waals surface area contributed by atoms with Gasteiger partial charge in [-0.2, -0.15) is 4.98 Å². The fraction of sp³-hybridized carbons (Fsp3) is 0.333. The summed E-state index contributed by atoms with van der Waals surface area (Å²) in [4.78, 5) is 10.8. The summed E-state index contributed by atoms with van der Waals surface area (Å²) in [5.74, 6) is 1.18. The second-order valence-corrected chi connectivity index (χ2v) is 4.53. The Bertz CT molecular complexity index is 559. The van der Waals surface area contributed by atoms with Gasteiger partial charge in [-0.05, 0) is 37.6 Å². The molecule has 5 nitrogen and oxygen atoms in total. The number of hydrogen-bond donors (Lipinski definition) is 1. The molecule has 2 aromatic rings. The summed E-state index contributed by atoms with van der Waals surface area (Å²) < 4.78 is 5.17. The summed E-state index contributed by atoms with van der Waals surface area (Å²) in [6.45, 7) is 3.47. The smallest absolute Gasteiger partial charge is 0.233 e. The van der Waals surface area contributed by atoms with Gasteiger partial charge in [0.15, 0.2) is 0 Å². The highest BCUT2D eigenvalue weighted by Gasteiger charge is 2.12. The molecule has 1 heterocycles. The second kappa shape index (κ2) is 6.86. The van der Waals surface area contributed by atoms with Gasteiger partial charge in [-0.3, -0.25) is 0 Å². The lowest BCUT2D eigenvalue weighted by atomic mass is 10.2. The van der Waals surface area contributed by atoms with Gasteiger partial charge in [-0.1, -0.05) is 12.1 Å². The topological polar surface area (TPSA) is 64.3 Å². The zero-order valence-electron chi connectivity index (χ0n) is 11.9.